The van der Waals surface area contributed by atoms with Crippen LogP contribution in [-0.4, -0.2) is 39.9 Å². The Hall–Kier alpha value is -1.21. The predicted molar refractivity (Wildman–Crippen MR) is 91.9 cm³/mol. The minimum absolute atomic E-state index is 0.0301. The fourth-order valence-electron chi connectivity index (χ4n) is 2.91. The Morgan fingerprint density at radius 1 is 1.43 bits per heavy atom. The highest BCUT2D eigenvalue weighted by Gasteiger charge is 2.13. The zero-order valence-corrected chi connectivity index (χ0v) is 14.8. The Balaban J connectivity index is 1.63. The number of ether oxygens (including phenoxy) is 1. The number of rotatable bonds is 9. The summed E-state index contributed by atoms with van der Waals surface area (Å²) in [5, 5.41) is 9.85. The van der Waals surface area contributed by atoms with E-state index in [4.69, 9.17) is 17.0 Å². The summed E-state index contributed by atoms with van der Waals surface area (Å²) >= 11 is 5.18. The smallest absolute Gasteiger partial charge is 0.240 e. The van der Waals surface area contributed by atoms with Crippen molar-refractivity contribution in [2.24, 2.45) is 0 Å². The van der Waals surface area contributed by atoms with Crippen molar-refractivity contribution < 1.29 is 9.53 Å². The molecule has 0 aliphatic heterocycles. The van der Waals surface area contributed by atoms with Gasteiger partial charge < -0.3 is 10.1 Å². The van der Waals surface area contributed by atoms with Gasteiger partial charge in [-0.2, -0.15) is 5.10 Å². The van der Waals surface area contributed by atoms with Crippen LogP contribution in [0.25, 0.3) is 0 Å². The summed E-state index contributed by atoms with van der Waals surface area (Å²) in [6.45, 7) is 3.67. The van der Waals surface area contributed by atoms with Crippen molar-refractivity contribution in [1.82, 2.24) is 20.1 Å². The van der Waals surface area contributed by atoms with E-state index in [0.717, 1.165) is 31.7 Å². The van der Waals surface area contributed by atoms with E-state index < -0.39 is 0 Å². The summed E-state index contributed by atoms with van der Waals surface area (Å²) in [7, 11) is 0. The van der Waals surface area contributed by atoms with Gasteiger partial charge in [-0.3, -0.25) is 14.5 Å². The van der Waals surface area contributed by atoms with Crippen molar-refractivity contribution in [3.05, 3.63) is 10.6 Å². The molecular weight excluding hydrogens is 312 g/mol. The van der Waals surface area contributed by atoms with Crippen LogP contribution in [0.1, 0.15) is 57.7 Å². The molecule has 0 spiro atoms. The zero-order chi connectivity index (χ0) is 16.5. The predicted octanol–water partition coefficient (Wildman–Crippen LogP) is 2.75. The van der Waals surface area contributed by atoms with Gasteiger partial charge in [0.2, 0.25) is 5.91 Å². The number of hydrogen-bond donors (Lipinski definition) is 2. The Morgan fingerprint density at radius 2 is 2.22 bits per heavy atom. The van der Waals surface area contributed by atoms with Gasteiger partial charge in [0, 0.05) is 19.6 Å². The first-order valence-electron chi connectivity index (χ1n) is 8.73. The lowest BCUT2D eigenvalue weighted by Crippen LogP contribution is -2.30. The lowest BCUT2D eigenvalue weighted by atomic mass is 9.98. The highest BCUT2D eigenvalue weighted by atomic mass is 32.1. The van der Waals surface area contributed by atoms with Crippen LogP contribution in [-0.2, 0) is 22.5 Å². The molecule has 1 aliphatic carbocycles. The monoisotopic (exact) mass is 340 g/mol. The summed E-state index contributed by atoms with van der Waals surface area (Å²) < 4.78 is 8.13. The van der Waals surface area contributed by atoms with Gasteiger partial charge >= 0.3 is 0 Å². The van der Waals surface area contributed by atoms with E-state index in [1.54, 1.807) is 4.57 Å². The minimum atomic E-state index is -0.0301. The van der Waals surface area contributed by atoms with Crippen LogP contribution in [0.5, 0.6) is 0 Å². The molecule has 23 heavy (non-hydrogen) atoms. The van der Waals surface area contributed by atoms with E-state index >= 15 is 0 Å². The lowest BCUT2D eigenvalue weighted by molar-refractivity contribution is -0.121. The lowest BCUT2D eigenvalue weighted by Gasteiger charge is -2.21. The number of amides is 1. The third-order valence-corrected chi connectivity index (χ3v) is 4.47. The Kier molecular flexibility index (Phi) is 7.74. The zero-order valence-electron chi connectivity index (χ0n) is 14.0. The first-order valence-corrected chi connectivity index (χ1v) is 9.14. The molecule has 1 fully saturated rings. The Bertz CT molecular complexity index is 534. The average Bonchev–Trinajstić information content (AvgIpc) is 2.89. The highest BCUT2D eigenvalue weighted by molar-refractivity contribution is 7.71. The molecule has 7 heteroatoms. The molecule has 0 bridgehead atoms. The molecule has 1 amide bonds. The quantitative estimate of drug-likeness (QED) is 0.535. The topological polar surface area (TPSA) is 71.9 Å². The molecule has 1 heterocycles. The maximum Gasteiger partial charge on any atom is 0.240 e. The van der Waals surface area contributed by atoms with Crippen LogP contribution in [0.4, 0.5) is 0 Å². The van der Waals surface area contributed by atoms with E-state index in [1.165, 1.54) is 32.1 Å². The summed E-state index contributed by atoms with van der Waals surface area (Å²) in [6, 6.07) is 0. The summed E-state index contributed by atoms with van der Waals surface area (Å²) in [5.41, 5.74) is 0. The number of H-pyrrole nitrogens is 1. The van der Waals surface area contributed by atoms with Crippen LogP contribution in [0, 0.1) is 4.77 Å². The second-order valence-corrected chi connectivity index (χ2v) is 6.50. The molecule has 0 saturated heterocycles. The number of nitrogens with one attached hydrogen (secondary N) is 2. The first-order chi connectivity index (χ1) is 11.2. The number of aromatic nitrogens is 3. The summed E-state index contributed by atoms with van der Waals surface area (Å²) in [4.78, 5) is 12.0. The number of hydrogen-bond acceptors (Lipinski definition) is 4. The van der Waals surface area contributed by atoms with Gasteiger partial charge in [-0.15, -0.1) is 0 Å². The fraction of sp³-hybridized carbons (Fsp3) is 0.812. The van der Waals surface area contributed by atoms with Crippen molar-refractivity contribution in [2.45, 2.75) is 70.9 Å². The molecule has 0 unspecified atom stereocenters. The Morgan fingerprint density at radius 3 is 2.96 bits per heavy atom. The van der Waals surface area contributed by atoms with Crippen LogP contribution in [0.3, 0.4) is 0 Å². The van der Waals surface area contributed by atoms with Gasteiger partial charge in [0.25, 0.3) is 0 Å². The van der Waals surface area contributed by atoms with Crippen molar-refractivity contribution in [3.63, 3.8) is 0 Å². The van der Waals surface area contributed by atoms with Gasteiger partial charge in [-0.25, -0.2) is 0 Å². The van der Waals surface area contributed by atoms with Crippen molar-refractivity contribution >= 4 is 18.1 Å². The van der Waals surface area contributed by atoms with E-state index in [2.05, 4.69) is 22.4 Å². The number of carbonyl (C=O) groups is 1. The maximum atomic E-state index is 12.0. The van der Waals surface area contributed by atoms with Crippen LogP contribution < -0.4 is 5.32 Å². The molecule has 0 aromatic carbocycles. The molecule has 1 saturated carbocycles. The van der Waals surface area contributed by atoms with Gasteiger partial charge in [0.05, 0.1) is 6.10 Å². The minimum Gasteiger partial charge on any atom is -0.378 e. The van der Waals surface area contributed by atoms with E-state index in [1.807, 2.05) is 0 Å². The van der Waals surface area contributed by atoms with Crippen LogP contribution in [0.2, 0.25) is 0 Å². The summed E-state index contributed by atoms with van der Waals surface area (Å²) in [6.07, 6.45) is 9.35. The van der Waals surface area contributed by atoms with E-state index in [0.29, 0.717) is 17.4 Å². The third kappa shape index (κ3) is 6.06. The molecule has 6 nitrogen and oxygen atoms in total. The normalized spacial score (nSPS) is 15.7. The molecule has 130 valence electrons. The molecule has 1 aliphatic rings. The molecule has 1 aromatic heterocycles. The molecular formula is C16H28N4O2S. The number of aryl methyl sites for hydroxylation is 1. The van der Waals surface area contributed by atoms with E-state index in [-0.39, 0.29) is 12.5 Å². The number of carbonyl (C=O) groups excluding carboxylic acids is 1. The van der Waals surface area contributed by atoms with Gasteiger partial charge in [0.1, 0.15) is 12.4 Å². The van der Waals surface area contributed by atoms with E-state index in [9.17, 15) is 4.79 Å². The second-order valence-electron chi connectivity index (χ2n) is 6.12. The largest absolute Gasteiger partial charge is 0.378 e. The third-order valence-electron chi connectivity index (χ3n) is 4.16. The Labute approximate surface area is 143 Å². The maximum absolute atomic E-state index is 12.0. The van der Waals surface area contributed by atoms with Crippen molar-refractivity contribution in [3.8, 4) is 0 Å². The number of aromatic amines is 1. The molecule has 0 radical (unpaired) electrons. The molecule has 2 N–H and O–H groups in total. The van der Waals surface area contributed by atoms with Crippen molar-refractivity contribution in [1.29, 1.82) is 0 Å². The number of nitrogens with zero attached hydrogens (tertiary/aromatic N) is 2. The fourth-order valence-corrected chi connectivity index (χ4v) is 3.12. The molecule has 0 atom stereocenters. The molecule has 1 aromatic rings. The van der Waals surface area contributed by atoms with Crippen molar-refractivity contribution in [2.75, 3.05) is 13.2 Å². The first kappa shape index (κ1) is 18.1. The average molecular weight is 340 g/mol. The van der Waals surface area contributed by atoms with Crippen LogP contribution in [0.15, 0.2) is 0 Å². The molecule has 2 rings (SSSR count). The highest BCUT2D eigenvalue weighted by Crippen LogP contribution is 2.20. The van der Waals surface area contributed by atoms with Gasteiger partial charge in [0.15, 0.2) is 4.77 Å². The standard InChI is InChI=1S/C16H28N4O2S/c1-2-7-14-18-19-16(23)20(14)12-15(21)17-10-6-11-22-13-8-4-3-5-9-13/h13H,2-12H2,1H3,(H,17,21)(H,19,23). The van der Waals surface area contributed by atoms with Crippen LogP contribution >= 0.6 is 12.2 Å². The summed E-state index contributed by atoms with van der Waals surface area (Å²) in [5.74, 6) is 0.811. The second kappa shape index (κ2) is 9.82. The van der Waals surface area contributed by atoms with Gasteiger partial charge in [-0.1, -0.05) is 26.2 Å². The SMILES string of the molecule is CCCc1n[nH]c(=S)n1CC(=O)NCCCOC1CCCCC1. The van der Waals surface area contributed by atoms with Gasteiger partial charge in [-0.05, 0) is 37.9 Å².